The lowest BCUT2D eigenvalue weighted by molar-refractivity contribution is 0.379. The van der Waals surface area contributed by atoms with Crippen molar-refractivity contribution in [1.82, 2.24) is 15.0 Å². The van der Waals surface area contributed by atoms with Gasteiger partial charge in [-0.2, -0.15) is 26.7 Å². The van der Waals surface area contributed by atoms with Gasteiger partial charge in [0.2, 0.25) is 11.9 Å². The number of hydrogen-bond donors (Lipinski definition) is 3. The van der Waals surface area contributed by atoms with Crippen molar-refractivity contribution in [3.8, 4) is 6.01 Å². The van der Waals surface area contributed by atoms with E-state index in [1.54, 1.807) is 0 Å². The molecule has 1 aliphatic carbocycles. The fourth-order valence-electron chi connectivity index (χ4n) is 2.25. The lowest BCUT2D eigenvalue weighted by atomic mass is 9.95. The molecular formula is C11H20N6OS. The number of hydrazine groups is 1. The summed E-state index contributed by atoms with van der Waals surface area (Å²) in [6.07, 6.45) is 6.94. The van der Waals surface area contributed by atoms with E-state index < -0.39 is 0 Å². The highest BCUT2D eigenvalue weighted by Crippen LogP contribution is 2.28. The van der Waals surface area contributed by atoms with Gasteiger partial charge in [0.25, 0.3) is 0 Å². The molecule has 0 radical (unpaired) electrons. The molecule has 0 spiro atoms. The van der Waals surface area contributed by atoms with Crippen molar-refractivity contribution in [2.75, 3.05) is 24.1 Å². The summed E-state index contributed by atoms with van der Waals surface area (Å²) in [4.78, 5) is 12.3. The van der Waals surface area contributed by atoms with Gasteiger partial charge in [0.1, 0.15) is 0 Å². The van der Waals surface area contributed by atoms with Crippen LogP contribution >= 0.6 is 11.8 Å². The number of rotatable bonds is 5. The maximum atomic E-state index is 5.33. The Morgan fingerprint density at radius 3 is 2.74 bits per heavy atom. The van der Waals surface area contributed by atoms with Crippen LogP contribution in [0.5, 0.6) is 6.01 Å². The van der Waals surface area contributed by atoms with Crippen molar-refractivity contribution < 1.29 is 4.74 Å². The number of hydrogen-bond acceptors (Lipinski definition) is 8. The number of methoxy groups -OCH3 is 1. The van der Waals surface area contributed by atoms with E-state index in [0.29, 0.717) is 23.2 Å². The topological polar surface area (TPSA) is 98.0 Å². The minimum Gasteiger partial charge on any atom is -0.467 e. The maximum Gasteiger partial charge on any atom is 0.322 e. The highest BCUT2D eigenvalue weighted by Gasteiger charge is 2.22. The maximum absolute atomic E-state index is 5.33. The molecule has 1 aromatic rings. The smallest absolute Gasteiger partial charge is 0.322 e. The van der Waals surface area contributed by atoms with Crippen molar-refractivity contribution in [2.45, 2.75) is 37.0 Å². The van der Waals surface area contributed by atoms with Crippen molar-refractivity contribution in [3.63, 3.8) is 0 Å². The van der Waals surface area contributed by atoms with Crippen LogP contribution < -0.4 is 21.3 Å². The summed E-state index contributed by atoms with van der Waals surface area (Å²) in [5, 5.41) is 4.05. The molecular weight excluding hydrogens is 264 g/mol. The van der Waals surface area contributed by atoms with Crippen LogP contribution in [0.1, 0.15) is 25.7 Å². The van der Waals surface area contributed by atoms with Crippen LogP contribution in [0.2, 0.25) is 0 Å². The zero-order valence-electron chi connectivity index (χ0n) is 11.2. The normalized spacial score (nSPS) is 22.9. The van der Waals surface area contributed by atoms with E-state index in [1.807, 2.05) is 11.8 Å². The van der Waals surface area contributed by atoms with Crippen molar-refractivity contribution in [2.24, 2.45) is 5.84 Å². The number of nitrogens with zero attached hydrogens (tertiary/aromatic N) is 3. The molecule has 19 heavy (non-hydrogen) atoms. The Hall–Kier alpha value is -1.28. The molecule has 1 heterocycles. The number of anilines is 2. The minimum atomic E-state index is 0.252. The Morgan fingerprint density at radius 2 is 2.05 bits per heavy atom. The molecule has 7 nitrogen and oxygen atoms in total. The second-order valence-electron chi connectivity index (χ2n) is 4.48. The van der Waals surface area contributed by atoms with Crippen LogP contribution in [0, 0.1) is 0 Å². The Labute approximate surface area is 117 Å². The third-order valence-corrected chi connectivity index (χ3v) is 4.31. The largest absolute Gasteiger partial charge is 0.467 e. The average Bonchev–Trinajstić information content (AvgIpc) is 2.47. The Balaban J connectivity index is 2.05. The van der Waals surface area contributed by atoms with E-state index in [4.69, 9.17) is 10.6 Å². The first-order valence-electron chi connectivity index (χ1n) is 6.31. The summed E-state index contributed by atoms with van der Waals surface area (Å²) in [5.74, 6) is 6.13. The van der Waals surface area contributed by atoms with Gasteiger partial charge in [-0.1, -0.05) is 6.42 Å². The van der Waals surface area contributed by atoms with Crippen LogP contribution in [-0.4, -0.2) is 39.6 Å². The Morgan fingerprint density at radius 1 is 1.26 bits per heavy atom. The van der Waals surface area contributed by atoms with Crippen molar-refractivity contribution in [1.29, 1.82) is 0 Å². The third-order valence-electron chi connectivity index (χ3n) is 3.22. The number of thioether (sulfide) groups is 1. The van der Waals surface area contributed by atoms with E-state index in [9.17, 15) is 0 Å². The van der Waals surface area contributed by atoms with Gasteiger partial charge in [-0.15, -0.1) is 0 Å². The van der Waals surface area contributed by atoms with Crippen molar-refractivity contribution in [3.05, 3.63) is 0 Å². The summed E-state index contributed by atoms with van der Waals surface area (Å²) in [6.45, 7) is 0. The van der Waals surface area contributed by atoms with Crippen LogP contribution in [0.4, 0.5) is 11.9 Å². The Bertz CT molecular complexity index is 396. The fraction of sp³-hybridized carbons (Fsp3) is 0.727. The summed E-state index contributed by atoms with van der Waals surface area (Å²) < 4.78 is 5.03. The van der Waals surface area contributed by atoms with E-state index in [2.05, 4.69) is 32.0 Å². The van der Waals surface area contributed by atoms with Crippen LogP contribution in [0.15, 0.2) is 0 Å². The highest BCUT2D eigenvalue weighted by atomic mass is 32.2. The number of nitrogens with one attached hydrogen (secondary N) is 2. The summed E-state index contributed by atoms with van der Waals surface area (Å²) in [7, 11) is 1.52. The van der Waals surface area contributed by atoms with Gasteiger partial charge in [-0.3, -0.25) is 5.43 Å². The molecule has 2 unspecified atom stereocenters. The molecule has 0 saturated heterocycles. The van der Waals surface area contributed by atoms with Crippen molar-refractivity contribution >= 4 is 23.7 Å². The van der Waals surface area contributed by atoms with Gasteiger partial charge in [0, 0.05) is 11.3 Å². The van der Waals surface area contributed by atoms with Crippen LogP contribution in [0.25, 0.3) is 0 Å². The second-order valence-corrected chi connectivity index (χ2v) is 5.62. The summed E-state index contributed by atoms with van der Waals surface area (Å²) >= 11 is 1.93. The Kier molecular flexibility index (Phi) is 5.03. The molecule has 1 aliphatic rings. The van der Waals surface area contributed by atoms with Gasteiger partial charge >= 0.3 is 6.01 Å². The molecule has 1 saturated carbocycles. The monoisotopic (exact) mass is 284 g/mol. The van der Waals surface area contributed by atoms with E-state index >= 15 is 0 Å². The van der Waals surface area contributed by atoms with E-state index in [-0.39, 0.29) is 6.01 Å². The fourth-order valence-corrected chi connectivity index (χ4v) is 3.08. The predicted octanol–water partition coefficient (Wildman–Crippen LogP) is 1.25. The molecule has 0 amide bonds. The molecule has 0 bridgehead atoms. The quantitative estimate of drug-likeness (QED) is 0.549. The van der Waals surface area contributed by atoms with Gasteiger partial charge < -0.3 is 10.1 Å². The van der Waals surface area contributed by atoms with Crippen LogP contribution in [-0.2, 0) is 0 Å². The number of nitrogens with two attached hydrogens (primary N) is 1. The lowest BCUT2D eigenvalue weighted by Gasteiger charge is -2.28. The zero-order valence-corrected chi connectivity index (χ0v) is 12.0. The molecule has 0 aliphatic heterocycles. The molecule has 106 valence electrons. The average molecular weight is 284 g/mol. The molecule has 0 aromatic carbocycles. The first-order valence-corrected chi connectivity index (χ1v) is 7.60. The first-order chi connectivity index (χ1) is 9.25. The predicted molar refractivity (Wildman–Crippen MR) is 77.4 cm³/mol. The van der Waals surface area contributed by atoms with Gasteiger partial charge in [0.05, 0.1) is 7.11 Å². The van der Waals surface area contributed by atoms with Crippen LogP contribution in [0.3, 0.4) is 0 Å². The number of nitrogen functional groups attached to an aromatic ring is 1. The summed E-state index contributed by atoms with van der Waals surface area (Å²) in [5.41, 5.74) is 2.41. The second kappa shape index (κ2) is 6.76. The third kappa shape index (κ3) is 3.84. The van der Waals surface area contributed by atoms with E-state index in [0.717, 1.165) is 12.8 Å². The number of ether oxygens (including phenoxy) is 1. The first kappa shape index (κ1) is 14.1. The molecule has 1 fully saturated rings. The standard InChI is InChI=1S/C11H20N6OS/c1-18-11-15-9(14-10(16-11)17-12)13-7-4-3-5-8(6-7)19-2/h7-8H,3-6,12H2,1-2H3,(H2,13,14,15,16,17). The summed E-state index contributed by atoms with van der Waals surface area (Å²) in [6, 6.07) is 0.645. The van der Waals surface area contributed by atoms with Gasteiger partial charge in [-0.25, -0.2) is 5.84 Å². The minimum absolute atomic E-state index is 0.252. The lowest BCUT2D eigenvalue weighted by Crippen LogP contribution is -2.29. The van der Waals surface area contributed by atoms with E-state index in [1.165, 1.54) is 20.0 Å². The number of aromatic nitrogens is 3. The molecule has 2 rings (SSSR count). The molecule has 1 aromatic heterocycles. The molecule has 2 atom stereocenters. The van der Waals surface area contributed by atoms with Gasteiger partial charge in [0.15, 0.2) is 0 Å². The SMILES string of the molecule is COc1nc(NN)nc(NC2CCCC(SC)C2)n1. The van der Waals surface area contributed by atoms with Gasteiger partial charge in [-0.05, 0) is 25.5 Å². The molecule has 4 N–H and O–H groups in total. The molecule has 8 heteroatoms. The zero-order chi connectivity index (χ0) is 13.7. The highest BCUT2D eigenvalue weighted by molar-refractivity contribution is 7.99.